The van der Waals surface area contributed by atoms with Crippen molar-refractivity contribution in [2.45, 2.75) is 0 Å². The van der Waals surface area contributed by atoms with Crippen LogP contribution in [0.25, 0.3) is 11.1 Å². The molecule has 2 aromatic heterocycles. The van der Waals surface area contributed by atoms with E-state index in [0.717, 1.165) is 14.6 Å². The number of thiophene rings is 1. The van der Waals surface area contributed by atoms with Crippen molar-refractivity contribution in [2.75, 3.05) is 0 Å². The van der Waals surface area contributed by atoms with Crippen molar-refractivity contribution >= 4 is 43.2 Å². The van der Waals surface area contributed by atoms with Gasteiger partial charge in [-0.2, -0.15) is 11.3 Å². The predicted octanol–water partition coefficient (Wildman–Crippen LogP) is 4.34. The van der Waals surface area contributed by atoms with Crippen LogP contribution in [0.5, 0.6) is 0 Å². The van der Waals surface area contributed by atoms with Crippen molar-refractivity contribution in [1.29, 1.82) is 0 Å². The molecule has 0 saturated carbocycles. The molecule has 0 spiro atoms. The molecule has 0 aliphatic carbocycles. The molecule has 13 heavy (non-hydrogen) atoms. The Morgan fingerprint density at radius 2 is 2.15 bits per heavy atom. The van der Waals surface area contributed by atoms with E-state index in [0.29, 0.717) is 0 Å². The van der Waals surface area contributed by atoms with E-state index in [9.17, 15) is 0 Å². The number of aromatic nitrogens is 1. The molecule has 2 rings (SSSR count). The van der Waals surface area contributed by atoms with Crippen molar-refractivity contribution in [3.63, 3.8) is 0 Å². The highest BCUT2D eigenvalue weighted by molar-refractivity contribution is 9.11. The average molecular weight is 319 g/mol. The van der Waals surface area contributed by atoms with Gasteiger partial charge in [0.2, 0.25) is 0 Å². The van der Waals surface area contributed by atoms with Crippen LogP contribution in [0.4, 0.5) is 0 Å². The van der Waals surface area contributed by atoms with E-state index < -0.39 is 0 Å². The second kappa shape index (κ2) is 3.90. The van der Waals surface area contributed by atoms with Crippen LogP contribution in [-0.2, 0) is 0 Å². The third-order valence-corrected chi connectivity index (χ3v) is 3.43. The Morgan fingerprint density at radius 1 is 1.31 bits per heavy atom. The van der Waals surface area contributed by atoms with Gasteiger partial charge < -0.3 is 0 Å². The quantitative estimate of drug-likeness (QED) is 0.713. The lowest BCUT2D eigenvalue weighted by Crippen LogP contribution is -1.80. The van der Waals surface area contributed by atoms with Crippen LogP contribution in [-0.4, -0.2) is 4.98 Å². The molecule has 0 bridgehead atoms. The van der Waals surface area contributed by atoms with Crippen molar-refractivity contribution < 1.29 is 0 Å². The first-order valence-corrected chi connectivity index (χ1v) is 6.14. The van der Waals surface area contributed by atoms with Crippen molar-refractivity contribution in [3.8, 4) is 11.1 Å². The van der Waals surface area contributed by atoms with Crippen LogP contribution in [0.1, 0.15) is 0 Å². The highest BCUT2D eigenvalue weighted by Crippen LogP contribution is 2.30. The summed E-state index contributed by atoms with van der Waals surface area (Å²) in [4.78, 5) is 4.19. The monoisotopic (exact) mass is 317 g/mol. The maximum Gasteiger partial charge on any atom is 0.107 e. The molecule has 1 nitrogen and oxygen atoms in total. The number of nitrogens with zero attached hydrogens (tertiary/aromatic N) is 1. The minimum Gasteiger partial charge on any atom is -0.249 e. The average Bonchev–Trinajstić information content (AvgIpc) is 2.56. The van der Waals surface area contributed by atoms with Gasteiger partial charge in [0, 0.05) is 16.2 Å². The highest BCUT2D eigenvalue weighted by atomic mass is 79.9. The Bertz CT molecular complexity index is 412. The van der Waals surface area contributed by atoms with E-state index in [-0.39, 0.29) is 0 Å². The van der Waals surface area contributed by atoms with Crippen LogP contribution in [0.3, 0.4) is 0 Å². The van der Waals surface area contributed by atoms with E-state index in [1.807, 2.05) is 12.3 Å². The Labute approximate surface area is 97.1 Å². The summed E-state index contributed by atoms with van der Waals surface area (Å²) in [6, 6.07) is 4.04. The van der Waals surface area contributed by atoms with Crippen molar-refractivity contribution in [1.82, 2.24) is 4.98 Å². The van der Waals surface area contributed by atoms with Gasteiger partial charge in [-0.25, -0.2) is 4.98 Å². The predicted molar refractivity (Wildman–Crippen MR) is 63.0 cm³/mol. The Hall–Kier alpha value is -0.190. The zero-order chi connectivity index (χ0) is 9.26. The van der Waals surface area contributed by atoms with Crippen molar-refractivity contribution in [2.24, 2.45) is 0 Å². The molecule has 66 valence electrons. The van der Waals surface area contributed by atoms with Gasteiger partial charge in [-0.1, -0.05) is 0 Å². The number of hydrogen-bond acceptors (Lipinski definition) is 2. The standard InChI is InChI=1S/C9H5Br2NS/c10-8-3-9(11)12-4-7(8)6-1-2-13-5-6/h1-5H. The summed E-state index contributed by atoms with van der Waals surface area (Å²) < 4.78 is 1.91. The summed E-state index contributed by atoms with van der Waals surface area (Å²) in [5.74, 6) is 0. The number of rotatable bonds is 1. The van der Waals surface area contributed by atoms with Crippen molar-refractivity contribution in [3.05, 3.63) is 38.2 Å². The van der Waals surface area contributed by atoms with Gasteiger partial charge in [0.1, 0.15) is 4.60 Å². The fourth-order valence-electron chi connectivity index (χ4n) is 1.04. The van der Waals surface area contributed by atoms with E-state index in [1.165, 1.54) is 5.56 Å². The molecule has 0 amide bonds. The van der Waals surface area contributed by atoms with E-state index in [2.05, 4.69) is 53.7 Å². The first-order chi connectivity index (χ1) is 6.27. The third kappa shape index (κ3) is 2.00. The lowest BCUT2D eigenvalue weighted by Gasteiger charge is -2.00. The van der Waals surface area contributed by atoms with Gasteiger partial charge in [-0.3, -0.25) is 0 Å². The molecule has 0 saturated heterocycles. The van der Waals surface area contributed by atoms with Gasteiger partial charge in [0.05, 0.1) is 0 Å². The fourth-order valence-corrected chi connectivity index (χ4v) is 2.88. The summed E-state index contributed by atoms with van der Waals surface area (Å²) >= 11 is 8.51. The lowest BCUT2D eigenvalue weighted by molar-refractivity contribution is 1.27. The second-order valence-electron chi connectivity index (χ2n) is 2.50. The number of pyridine rings is 1. The SMILES string of the molecule is Brc1cc(Br)c(-c2ccsc2)cn1. The maximum atomic E-state index is 4.19. The minimum absolute atomic E-state index is 0.846. The molecule has 0 aliphatic rings. The molecule has 0 aliphatic heterocycles. The van der Waals surface area contributed by atoms with Gasteiger partial charge in [-0.15, -0.1) is 0 Å². The molecule has 0 radical (unpaired) electrons. The van der Waals surface area contributed by atoms with Crippen LogP contribution in [0.2, 0.25) is 0 Å². The molecule has 0 unspecified atom stereocenters. The molecule has 0 atom stereocenters. The van der Waals surface area contributed by atoms with Crippen LogP contribution >= 0.6 is 43.2 Å². The minimum atomic E-state index is 0.846. The largest absolute Gasteiger partial charge is 0.249 e. The topological polar surface area (TPSA) is 12.9 Å². The summed E-state index contributed by atoms with van der Waals surface area (Å²) in [5.41, 5.74) is 2.33. The molecule has 4 heteroatoms. The molecule has 0 fully saturated rings. The zero-order valence-corrected chi connectivity index (χ0v) is 10.5. The first-order valence-electron chi connectivity index (χ1n) is 3.61. The molecule has 2 heterocycles. The molecule has 2 aromatic rings. The smallest absolute Gasteiger partial charge is 0.107 e. The number of halogens is 2. The summed E-state index contributed by atoms with van der Waals surface area (Å²) in [5, 5.41) is 4.17. The fraction of sp³-hybridized carbons (Fsp3) is 0. The summed E-state index contributed by atoms with van der Waals surface area (Å²) in [6.07, 6.45) is 1.86. The van der Waals surface area contributed by atoms with Gasteiger partial charge >= 0.3 is 0 Å². The van der Waals surface area contributed by atoms with Crippen LogP contribution < -0.4 is 0 Å². The zero-order valence-electron chi connectivity index (χ0n) is 6.50. The highest BCUT2D eigenvalue weighted by Gasteiger charge is 2.03. The Balaban J connectivity index is 2.53. The summed E-state index contributed by atoms with van der Waals surface area (Å²) in [7, 11) is 0. The van der Waals surface area contributed by atoms with E-state index >= 15 is 0 Å². The molecular formula is C9H5Br2NS. The van der Waals surface area contributed by atoms with Crippen LogP contribution in [0.15, 0.2) is 38.2 Å². The molecular weight excluding hydrogens is 314 g/mol. The number of hydrogen-bond donors (Lipinski definition) is 0. The van der Waals surface area contributed by atoms with Gasteiger partial charge in [0.25, 0.3) is 0 Å². The molecule has 0 N–H and O–H groups in total. The Kier molecular flexibility index (Phi) is 2.81. The van der Waals surface area contributed by atoms with E-state index in [4.69, 9.17) is 0 Å². The second-order valence-corrected chi connectivity index (χ2v) is 4.95. The first kappa shape index (κ1) is 9.37. The lowest BCUT2D eigenvalue weighted by atomic mass is 10.2. The van der Waals surface area contributed by atoms with Crippen LogP contribution in [0, 0.1) is 0 Å². The Morgan fingerprint density at radius 3 is 2.77 bits per heavy atom. The van der Waals surface area contributed by atoms with Gasteiger partial charge in [-0.05, 0) is 60.3 Å². The third-order valence-electron chi connectivity index (χ3n) is 1.65. The van der Waals surface area contributed by atoms with E-state index in [1.54, 1.807) is 11.3 Å². The summed E-state index contributed by atoms with van der Waals surface area (Å²) in [6.45, 7) is 0. The maximum absolute atomic E-state index is 4.19. The molecule has 0 aromatic carbocycles. The normalized spacial score (nSPS) is 10.3. The van der Waals surface area contributed by atoms with Gasteiger partial charge in [0.15, 0.2) is 0 Å².